The van der Waals surface area contributed by atoms with E-state index in [0.717, 1.165) is 18.7 Å². The van der Waals surface area contributed by atoms with Crippen molar-refractivity contribution in [2.45, 2.75) is 52.7 Å². The molecule has 2 unspecified atom stereocenters. The topological polar surface area (TPSA) is 65.9 Å². The molecule has 0 bridgehead atoms. The number of hydrogen-bond donors (Lipinski definition) is 1. The zero-order chi connectivity index (χ0) is 15.2. The first kappa shape index (κ1) is 16.6. The second-order valence-corrected chi connectivity index (χ2v) is 6.41. The second-order valence-electron chi connectivity index (χ2n) is 6.41. The fraction of sp³-hybridized carbons (Fsp3) is 0.625. The Labute approximate surface area is 122 Å². The van der Waals surface area contributed by atoms with Crippen LogP contribution in [0.1, 0.15) is 39.7 Å². The van der Waals surface area contributed by atoms with E-state index in [9.17, 15) is 0 Å². The van der Waals surface area contributed by atoms with Gasteiger partial charge in [0.2, 0.25) is 0 Å². The lowest BCUT2D eigenvalue weighted by molar-refractivity contribution is 0.0768. The third kappa shape index (κ3) is 4.92. The van der Waals surface area contributed by atoms with Gasteiger partial charge in [0.05, 0.1) is 6.07 Å². The highest BCUT2D eigenvalue weighted by atomic mass is 15.2. The first-order chi connectivity index (χ1) is 9.36. The molecule has 0 radical (unpaired) electrons. The summed E-state index contributed by atoms with van der Waals surface area (Å²) in [7, 11) is 0. The van der Waals surface area contributed by atoms with E-state index in [1.165, 1.54) is 0 Å². The first-order valence-electron chi connectivity index (χ1n) is 7.11. The molecular formula is C16H26N4. The van der Waals surface area contributed by atoms with Crippen LogP contribution in [0.15, 0.2) is 24.5 Å². The van der Waals surface area contributed by atoms with Crippen LogP contribution in [0.3, 0.4) is 0 Å². The molecule has 0 aromatic carbocycles. The summed E-state index contributed by atoms with van der Waals surface area (Å²) in [5, 5.41) is 8.88. The molecule has 4 nitrogen and oxygen atoms in total. The lowest BCUT2D eigenvalue weighted by Crippen LogP contribution is -2.53. The zero-order valence-corrected chi connectivity index (χ0v) is 13.0. The molecule has 0 aliphatic carbocycles. The molecule has 0 amide bonds. The van der Waals surface area contributed by atoms with Crippen molar-refractivity contribution in [1.29, 1.82) is 5.26 Å². The lowest BCUT2D eigenvalue weighted by atomic mass is 9.81. The number of nitriles is 1. The van der Waals surface area contributed by atoms with Gasteiger partial charge in [-0.25, -0.2) is 0 Å². The van der Waals surface area contributed by atoms with Crippen molar-refractivity contribution in [2.75, 3.05) is 6.54 Å². The third-order valence-electron chi connectivity index (χ3n) is 3.40. The number of hydrogen-bond acceptors (Lipinski definition) is 4. The van der Waals surface area contributed by atoms with Gasteiger partial charge < -0.3 is 5.73 Å². The van der Waals surface area contributed by atoms with Gasteiger partial charge in [0.1, 0.15) is 0 Å². The van der Waals surface area contributed by atoms with Gasteiger partial charge in [0, 0.05) is 44.0 Å². The molecule has 2 atom stereocenters. The Bertz CT molecular complexity index is 428. The standard InChI is InChI=1S/C16H26N4/c1-13(18)15(16(2,3)4)20(10-6-8-17)12-14-7-5-9-19-11-14/h5,7,9,11,13,15H,6,10,12,18H2,1-4H3. The van der Waals surface area contributed by atoms with Crippen LogP contribution in [0.2, 0.25) is 0 Å². The molecular weight excluding hydrogens is 248 g/mol. The van der Waals surface area contributed by atoms with E-state index in [0.29, 0.717) is 6.42 Å². The molecule has 110 valence electrons. The Balaban J connectivity index is 2.95. The molecule has 0 aliphatic heterocycles. The normalized spacial score (nSPS) is 14.8. The van der Waals surface area contributed by atoms with Gasteiger partial charge in [-0.3, -0.25) is 9.88 Å². The molecule has 1 heterocycles. The number of nitrogens with two attached hydrogens (primary N) is 1. The highest BCUT2D eigenvalue weighted by Crippen LogP contribution is 2.27. The highest BCUT2D eigenvalue weighted by Gasteiger charge is 2.33. The molecule has 20 heavy (non-hydrogen) atoms. The van der Waals surface area contributed by atoms with Crippen molar-refractivity contribution in [3.63, 3.8) is 0 Å². The summed E-state index contributed by atoms with van der Waals surface area (Å²) in [6.45, 7) is 10.1. The van der Waals surface area contributed by atoms with Gasteiger partial charge in [-0.1, -0.05) is 26.8 Å². The molecule has 1 aromatic rings. The second kappa shape index (κ2) is 7.37. The molecule has 1 aromatic heterocycles. The Morgan fingerprint density at radius 2 is 2.15 bits per heavy atom. The fourth-order valence-corrected chi connectivity index (χ4v) is 2.91. The van der Waals surface area contributed by atoms with Gasteiger partial charge >= 0.3 is 0 Å². The molecule has 4 heteroatoms. The Kier molecular flexibility index (Phi) is 6.12. The van der Waals surface area contributed by atoms with E-state index in [2.05, 4.69) is 42.8 Å². The van der Waals surface area contributed by atoms with Crippen LogP contribution >= 0.6 is 0 Å². The molecule has 2 N–H and O–H groups in total. The predicted molar refractivity (Wildman–Crippen MR) is 81.8 cm³/mol. The maximum Gasteiger partial charge on any atom is 0.0635 e. The number of nitrogens with zero attached hydrogens (tertiary/aromatic N) is 3. The van der Waals surface area contributed by atoms with Crippen LogP contribution in [0.4, 0.5) is 0 Å². The van der Waals surface area contributed by atoms with Crippen molar-refractivity contribution < 1.29 is 0 Å². The number of rotatable bonds is 6. The molecule has 0 saturated carbocycles. The minimum atomic E-state index is 0.0466. The average molecular weight is 274 g/mol. The first-order valence-corrected chi connectivity index (χ1v) is 7.11. The molecule has 0 saturated heterocycles. The summed E-state index contributed by atoms with van der Waals surface area (Å²) in [6, 6.07) is 6.50. The van der Waals surface area contributed by atoms with Gasteiger partial charge in [-0.15, -0.1) is 0 Å². The van der Waals surface area contributed by atoms with Gasteiger partial charge in [-0.2, -0.15) is 5.26 Å². The molecule has 0 fully saturated rings. The Hall–Kier alpha value is -1.44. The van der Waals surface area contributed by atoms with E-state index in [-0.39, 0.29) is 17.5 Å². The maximum atomic E-state index is 8.88. The number of pyridine rings is 1. The van der Waals surface area contributed by atoms with Crippen molar-refractivity contribution in [2.24, 2.45) is 11.1 Å². The Morgan fingerprint density at radius 3 is 2.60 bits per heavy atom. The lowest BCUT2D eigenvalue weighted by Gasteiger charge is -2.42. The summed E-state index contributed by atoms with van der Waals surface area (Å²) in [5.74, 6) is 0. The molecule has 0 spiro atoms. The quantitative estimate of drug-likeness (QED) is 0.865. The van der Waals surface area contributed by atoms with Crippen LogP contribution in [0.25, 0.3) is 0 Å². The van der Waals surface area contributed by atoms with Crippen LogP contribution in [-0.4, -0.2) is 28.5 Å². The minimum Gasteiger partial charge on any atom is -0.327 e. The van der Waals surface area contributed by atoms with Gasteiger partial charge in [0.15, 0.2) is 0 Å². The van der Waals surface area contributed by atoms with E-state index in [1.54, 1.807) is 6.20 Å². The maximum absolute atomic E-state index is 8.88. The van der Waals surface area contributed by atoms with Crippen molar-refractivity contribution in [3.8, 4) is 6.07 Å². The Morgan fingerprint density at radius 1 is 1.45 bits per heavy atom. The van der Waals surface area contributed by atoms with Crippen molar-refractivity contribution in [3.05, 3.63) is 30.1 Å². The summed E-state index contributed by atoms with van der Waals surface area (Å²) in [4.78, 5) is 6.47. The van der Waals surface area contributed by atoms with Gasteiger partial charge in [0.25, 0.3) is 0 Å². The molecule has 1 rings (SSSR count). The van der Waals surface area contributed by atoms with Crippen LogP contribution < -0.4 is 5.73 Å². The van der Waals surface area contributed by atoms with Crippen LogP contribution in [-0.2, 0) is 6.54 Å². The smallest absolute Gasteiger partial charge is 0.0635 e. The van der Waals surface area contributed by atoms with Crippen molar-refractivity contribution >= 4 is 0 Å². The fourth-order valence-electron chi connectivity index (χ4n) is 2.91. The summed E-state index contributed by atoms with van der Waals surface area (Å²) < 4.78 is 0. The average Bonchev–Trinajstić information content (AvgIpc) is 2.35. The highest BCUT2D eigenvalue weighted by molar-refractivity contribution is 5.09. The summed E-state index contributed by atoms with van der Waals surface area (Å²) in [5.41, 5.74) is 7.42. The van der Waals surface area contributed by atoms with E-state index < -0.39 is 0 Å². The largest absolute Gasteiger partial charge is 0.327 e. The number of aromatic nitrogens is 1. The van der Waals surface area contributed by atoms with E-state index >= 15 is 0 Å². The summed E-state index contributed by atoms with van der Waals surface area (Å²) in [6.07, 6.45) is 4.16. The molecule has 0 aliphatic rings. The summed E-state index contributed by atoms with van der Waals surface area (Å²) >= 11 is 0. The van der Waals surface area contributed by atoms with Crippen LogP contribution in [0.5, 0.6) is 0 Å². The van der Waals surface area contributed by atoms with Crippen LogP contribution in [0, 0.1) is 16.7 Å². The van der Waals surface area contributed by atoms with E-state index in [4.69, 9.17) is 11.0 Å². The monoisotopic (exact) mass is 274 g/mol. The third-order valence-corrected chi connectivity index (χ3v) is 3.40. The SMILES string of the molecule is CC(N)C(N(CCC#N)Cc1cccnc1)C(C)(C)C. The predicted octanol–water partition coefficient (Wildman–Crippen LogP) is 2.56. The zero-order valence-electron chi connectivity index (χ0n) is 13.0. The minimum absolute atomic E-state index is 0.0466. The van der Waals surface area contributed by atoms with Crippen molar-refractivity contribution in [1.82, 2.24) is 9.88 Å². The van der Waals surface area contributed by atoms with E-state index in [1.807, 2.05) is 19.2 Å². The van der Waals surface area contributed by atoms with Gasteiger partial charge in [-0.05, 0) is 24.0 Å².